The van der Waals surface area contributed by atoms with Crippen LogP contribution >= 0.6 is 11.3 Å². The lowest BCUT2D eigenvalue weighted by molar-refractivity contribution is -0.149. The Kier molecular flexibility index (Phi) is 23.3. The number of carbonyl (C=O) groups excluding carboxylic acids is 6. The number of rotatable bonds is 26. The molecule has 2 aromatic rings. The number of aliphatic hydroxyl groups excluding tert-OH is 1. The maximum atomic E-state index is 14.7. The Bertz CT molecular complexity index is 2040. The van der Waals surface area contributed by atoms with Crippen LogP contribution in [0.5, 0.6) is 0 Å². The third kappa shape index (κ3) is 16.0. The third-order valence-electron chi connectivity index (χ3n) is 13.9. The fraction of sp³-hybridized carbons (Fsp3) is 0.686. The second kappa shape index (κ2) is 28.3. The van der Waals surface area contributed by atoms with Crippen LogP contribution in [0, 0.1) is 23.7 Å². The van der Waals surface area contributed by atoms with E-state index in [-0.39, 0.29) is 66.5 Å². The highest BCUT2D eigenvalue weighted by atomic mass is 32.1. The number of aliphatic hydroxyl groups is 1. The van der Waals surface area contributed by atoms with E-state index < -0.39 is 72.9 Å². The van der Waals surface area contributed by atoms with E-state index in [0.717, 1.165) is 17.0 Å². The summed E-state index contributed by atoms with van der Waals surface area (Å²) in [7, 11) is 6.24. The molecule has 71 heavy (non-hydrogen) atoms. The molecule has 19 nitrogen and oxygen atoms in total. The van der Waals surface area contributed by atoms with Gasteiger partial charge in [-0.1, -0.05) is 90.4 Å². The van der Waals surface area contributed by atoms with Crippen LogP contribution < -0.4 is 16.0 Å². The Morgan fingerprint density at radius 3 is 2.27 bits per heavy atom. The summed E-state index contributed by atoms with van der Waals surface area (Å²) < 4.78 is 17.8. The van der Waals surface area contributed by atoms with E-state index in [1.165, 1.54) is 43.5 Å². The molecule has 0 spiro atoms. The van der Waals surface area contributed by atoms with Crippen molar-refractivity contribution in [1.82, 2.24) is 35.6 Å². The summed E-state index contributed by atoms with van der Waals surface area (Å²) in [4.78, 5) is 96.8. The fourth-order valence-corrected chi connectivity index (χ4v) is 10.5. The number of methoxy groups -OCH3 is 2. The largest absolute Gasteiger partial charge is 0.391 e. The second-order valence-corrected chi connectivity index (χ2v) is 20.5. The average molecular weight is 1010 g/mol. The molecular weight excluding hydrogens is 933 g/mol. The van der Waals surface area contributed by atoms with Gasteiger partial charge in [-0.05, 0) is 49.0 Å². The fourth-order valence-electron chi connectivity index (χ4n) is 9.79. The summed E-state index contributed by atoms with van der Waals surface area (Å²) in [5.74, 6) is -3.68. The van der Waals surface area contributed by atoms with Gasteiger partial charge in [0.1, 0.15) is 23.2 Å². The van der Waals surface area contributed by atoms with Crippen LogP contribution in [0.3, 0.4) is 0 Å². The molecule has 12 atom stereocenters. The molecule has 12 unspecified atom stereocenters. The minimum Gasteiger partial charge on any atom is -0.391 e. The molecule has 2 saturated heterocycles. The summed E-state index contributed by atoms with van der Waals surface area (Å²) in [5.41, 5.74) is 1.06. The second-order valence-electron chi connectivity index (χ2n) is 19.6. The normalized spacial score (nSPS) is 21.6. The number of benzene rings is 1. The average Bonchev–Trinajstić information content (AvgIpc) is 4.06. The van der Waals surface area contributed by atoms with Crippen LogP contribution in [0.15, 0.2) is 47.1 Å². The summed E-state index contributed by atoms with van der Waals surface area (Å²) in [5, 5.41) is 25.7. The molecule has 2 aliphatic heterocycles. The molecular formula is C51H80N8O11S. The summed E-state index contributed by atoms with van der Waals surface area (Å²) in [6, 6.07) is 5.89. The highest BCUT2D eigenvalue weighted by molar-refractivity contribution is 7.09. The van der Waals surface area contributed by atoms with Gasteiger partial charge < -0.3 is 54.8 Å². The van der Waals surface area contributed by atoms with Crippen LogP contribution in [-0.2, 0) is 54.2 Å². The van der Waals surface area contributed by atoms with Crippen molar-refractivity contribution in [2.24, 2.45) is 28.8 Å². The van der Waals surface area contributed by atoms with E-state index in [4.69, 9.17) is 19.0 Å². The van der Waals surface area contributed by atoms with Crippen LogP contribution in [0.4, 0.5) is 0 Å². The lowest BCUT2D eigenvalue weighted by Gasteiger charge is -2.41. The molecule has 2 aliphatic rings. The highest BCUT2D eigenvalue weighted by Crippen LogP contribution is 2.31. The summed E-state index contributed by atoms with van der Waals surface area (Å²) >= 11 is 1.48. The summed E-state index contributed by atoms with van der Waals surface area (Å²) in [6.45, 7) is 14.6. The molecule has 20 heteroatoms. The van der Waals surface area contributed by atoms with Crippen molar-refractivity contribution in [2.75, 3.05) is 48.1 Å². The molecule has 0 saturated carbocycles. The molecule has 1 aromatic carbocycles. The van der Waals surface area contributed by atoms with Gasteiger partial charge in [-0.15, -0.1) is 11.3 Å². The highest BCUT2D eigenvalue weighted by Gasteiger charge is 2.44. The van der Waals surface area contributed by atoms with Crippen molar-refractivity contribution in [3.63, 3.8) is 0 Å². The first-order chi connectivity index (χ1) is 33.7. The number of hydrogen-bond acceptors (Lipinski definition) is 14. The molecule has 0 radical (unpaired) electrons. The van der Waals surface area contributed by atoms with Gasteiger partial charge in [-0.25, -0.2) is 4.98 Å². The number of hydrogen-bond donors (Lipinski definition) is 4. The molecule has 2 fully saturated rings. The zero-order valence-electron chi connectivity index (χ0n) is 43.7. The first kappa shape index (κ1) is 58.5. The van der Waals surface area contributed by atoms with Crippen LogP contribution in [0.1, 0.15) is 104 Å². The quantitative estimate of drug-likeness (QED) is 0.0781. The maximum absolute atomic E-state index is 14.7. The molecule has 0 bridgehead atoms. The van der Waals surface area contributed by atoms with E-state index in [0.29, 0.717) is 32.2 Å². The van der Waals surface area contributed by atoms with E-state index in [1.807, 2.05) is 70.3 Å². The minimum absolute atomic E-state index is 0.0431. The number of ether oxygens (including phenoxy) is 3. The van der Waals surface area contributed by atoms with E-state index in [2.05, 4.69) is 26.1 Å². The molecule has 396 valence electrons. The van der Waals surface area contributed by atoms with Gasteiger partial charge in [0.05, 0.1) is 67.6 Å². The number of nitrogens with one attached hydrogen (secondary N) is 3. The summed E-state index contributed by atoms with van der Waals surface area (Å²) in [6.07, 6.45) is 2.91. The zero-order chi connectivity index (χ0) is 52.5. The monoisotopic (exact) mass is 1010 g/mol. The molecule has 0 aliphatic carbocycles. The maximum Gasteiger partial charge on any atom is 0.263 e. The van der Waals surface area contributed by atoms with Crippen molar-refractivity contribution in [2.45, 2.75) is 155 Å². The molecule has 1 aromatic heterocycles. The van der Waals surface area contributed by atoms with Crippen molar-refractivity contribution < 1.29 is 52.9 Å². The molecule has 6 amide bonds. The first-order valence-corrected chi connectivity index (χ1v) is 25.8. The van der Waals surface area contributed by atoms with E-state index in [9.17, 15) is 33.9 Å². The smallest absolute Gasteiger partial charge is 0.263 e. The van der Waals surface area contributed by atoms with Crippen LogP contribution in [0.25, 0.3) is 0 Å². The molecule has 3 heterocycles. The van der Waals surface area contributed by atoms with Crippen molar-refractivity contribution >= 4 is 53.0 Å². The molecule has 4 N–H and O–H groups in total. The zero-order valence-corrected chi connectivity index (χ0v) is 44.6. The Labute approximate surface area is 424 Å². The van der Waals surface area contributed by atoms with Gasteiger partial charge >= 0.3 is 0 Å². The predicted octanol–water partition coefficient (Wildman–Crippen LogP) is 3.74. The number of amides is 6. The lowest BCUT2D eigenvalue weighted by atomic mass is 9.89. The van der Waals surface area contributed by atoms with Crippen molar-refractivity contribution in [3.05, 3.63) is 52.5 Å². The van der Waals surface area contributed by atoms with Gasteiger partial charge in [0, 0.05) is 53.4 Å². The number of thiazole rings is 1. The van der Waals surface area contributed by atoms with Gasteiger partial charge in [0.2, 0.25) is 29.5 Å². The Balaban J connectivity index is 1.44. The Hall–Kier alpha value is -5.02. The standard InChI is InChI=1S/C51H80N8O11S/c1-13-32(6)46(39(67-11)27-41(62)59-23-17-20-37(59)47(68-12)33(7)48(64)55-36(50-52-22-25-71-50)26-35-18-15-14-16-19-35)58(10)51(66)43(30(2)3)56-49(65)45(31(4)5)57(9)42(63)29-70-53-28-40-44(54-34(8)60)38(61)21-24-69-40/h14-16,18-19,22,25,28,30-33,36-40,43-47,61H,13,17,20-21,23-24,26-27,29H2,1-12H3,(H,54,60)(H,55,64)(H,56,65)/b53-28+. The van der Waals surface area contributed by atoms with Crippen LogP contribution in [-0.4, -0.2) is 169 Å². The number of aromatic nitrogens is 1. The van der Waals surface area contributed by atoms with Gasteiger partial charge in [-0.3, -0.25) is 28.8 Å². The van der Waals surface area contributed by atoms with Gasteiger partial charge in [-0.2, -0.15) is 0 Å². The number of likely N-dealkylation sites (N-methyl/N-ethyl adjacent to an activating group) is 2. The number of likely N-dealkylation sites (tertiary alicyclic amines) is 1. The predicted molar refractivity (Wildman–Crippen MR) is 270 cm³/mol. The number of nitrogens with zero attached hydrogens (tertiary/aromatic N) is 5. The van der Waals surface area contributed by atoms with E-state index >= 15 is 0 Å². The van der Waals surface area contributed by atoms with Gasteiger partial charge in [0.15, 0.2) is 6.61 Å². The molecule has 4 rings (SSSR count). The van der Waals surface area contributed by atoms with Crippen molar-refractivity contribution in [1.29, 1.82) is 0 Å². The van der Waals surface area contributed by atoms with E-state index in [1.54, 1.807) is 44.0 Å². The SMILES string of the molecule is CCC(C)C(C(CC(=O)N1CCCC1C(OC)C(C)C(=O)NC(Cc1ccccc1)c1nccs1)OC)N(C)C(=O)C(NC(=O)C(C(C)C)N(C)C(=O)CO/N=C/C1OCCC(O)C1NC(C)=O)C(C)C. The number of carbonyl (C=O) groups is 6. The number of oxime groups is 1. The van der Waals surface area contributed by atoms with Gasteiger partial charge in [0.25, 0.3) is 5.91 Å². The van der Waals surface area contributed by atoms with Crippen LogP contribution in [0.2, 0.25) is 0 Å². The Morgan fingerprint density at radius 1 is 0.972 bits per heavy atom. The lowest BCUT2D eigenvalue weighted by Crippen LogP contribution is -2.60. The third-order valence-corrected chi connectivity index (χ3v) is 14.8. The minimum atomic E-state index is -0.999. The topological polar surface area (TPSA) is 231 Å². The van der Waals surface area contributed by atoms with Crippen molar-refractivity contribution in [3.8, 4) is 0 Å². The first-order valence-electron chi connectivity index (χ1n) is 24.9. The Morgan fingerprint density at radius 2 is 1.68 bits per heavy atom.